The second-order valence-corrected chi connectivity index (χ2v) is 9.85. The van der Waals surface area contributed by atoms with Crippen molar-refractivity contribution in [2.75, 3.05) is 18.0 Å². The normalized spacial score (nSPS) is 18.2. The summed E-state index contributed by atoms with van der Waals surface area (Å²) in [7, 11) is 0. The van der Waals surface area contributed by atoms with Crippen molar-refractivity contribution in [3.8, 4) is 16.9 Å². The summed E-state index contributed by atoms with van der Waals surface area (Å²) in [5, 5.41) is 4.10. The van der Waals surface area contributed by atoms with Crippen LogP contribution in [0, 0.1) is 5.92 Å². The number of carbonyl (C=O) groups is 1. The molecule has 0 saturated carbocycles. The first-order valence-electron chi connectivity index (χ1n) is 12.5. The number of fused-ring (bicyclic) bond motifs is 1. The van der Waals surface area contributed by atoms with Crippen LogP contribution < -0.4 is 9.64 Å². The molecule has 6 nitrogen and oxygen atoms in total. The average Bonchev–Trinajstić information content (AvgIpc) is 3.52. The van der Waals surface area contributed by atoms with Crippen LogP contribution >= 0.6 is 0 Å². The molecule has 0 radical (unpaired) electrons. The first-order valence-corrected chi connectivity index (χ1v) is 12.5. The molecule has 0 amide bonds. The van der Waals surface area contributed by atoms with E-state index in [1.807, 2.05) is 19.1 Å². The summed E-state index contributed by atoms with van der Waals surface area (Å²) in [5.74, 6) is 2.77. The van der Waals surface area contributed by atoms with Crippen molar-refractivity contribution < 1.29 is 14.1 Å². The molecule has 1 unspecified atom stereocenters. The van der Waals surface area contributed by atoms with Gasteiger partial charge in [0.2, 0.25) is 0 Å². The molecule has 178 valence electrons. The highest BCUT2D eigenvalue weighted by atomic mass is 16.5. The Hall–Kier alpha value is -3.15. The van der Waals surface area contributed by atoms with Crippen LogP contribution in [0.4, 0.5) is 6.01 Å². The van der Waals surface area contributed by atoms with Gasteiger partial charge in [-0.1, -0.05) is 56.3 Å². The Balaban J connectivity index is 1.21. The first-order chi connectivity index (χ1) is 16.5. The summed E-state index contributed by atoms with van der Waals surface area (Å²) < 4.78 is 11.9. The number of anilines is 1. The zero-order valence-corrected chi connectivity index (χ0v) is 20.3. The quantitative estimate of drug-likeness (QED) is 0.400. The van der Waals surface area contributed by atoms with Crippen LogP contribution in [0.1, 0.15) is 74.1 Å². The molecule has 1 fully saturated rings. The molecule has 2 aliphatic heterocycles. The summed E-state index contributed by atoms with van der Waals surface area (Å²) in [6, 6.07) is 15.1. The van der Waals surface area contributed by atoms with Gasteiger partial charge in [-0.25, -0.2) is 0 Å². The summed E-state index contributed by atoms with van der Waals surface area (Å²) in [6.45, 7) is 8.01. The Kier molecular flexibility index (Phi) is 6.40. The van der Waals surface area contributed by atoms with Crippen molar-refractivity contribution in [1.82, 2.24) is 10.1 Å². The lowest BCUT2D eigenvalue weighted by atomic mass is 9.88. The third-order valence-electron chi connectivity index (χ3n) is 7.06. The highest BCUT2D eigenvalue weighted by Gasteiger charge is 2.34. The van der Waals surface area contributed by atoms with E-state index in [2.05, 4.69) is 59.2 Å². The van der Waals surface area contributed by atoms with Crippen LogP contribution in [-0.4, -0.2) is 35.1 Å². The summed E-state index contributed by atoms with van der Waals surface area (Å²) in [6.07, 6.45) is 4.75. The van der Waals surface area contributed by atoms with Crippen molar-refractivity contribution in [1.29, 1.82) is 0 Å². The van der Waals surface area contributed by atoms with Gasteiger partial charge >= 0.3 is 6.01 Å². The Morgan fingerprint density at radius 2 is 1.82 bits per heavy atom. The second-order valence-electron chi connectivity index (χ2n) is 9.85. The lowest BCUT2D eigenvalue weighted by Crippen LogP contribution is -2.39. The van der Waals surface area contributed by atoms with Crippen LogP contribution in [0.25, 0.3) is 11.1 Å². The van der Waals surface area contributed by atoms with Crippen LogP contribution in [0.5, 0.6) is 5.75 Å². The van der Waals surface area contributed by atoms with Crippen molar-refractivity contribution in [2.24, 2.45) is 5.92 Å². The second kappa shape index (κ2) is 9.61. The third-order valence-corrected chi connectivity index (χ3v) is 7.06. The molecule has 0 N–H and O–H groups in total. The maximum Gasteiger partial charge on any atom is 0.324 e. The predicted molar refractivity (Wildman–Crippen MR) is 133 cm³/mol. The summed E-state index contributed by atoms with van der Waals surface area (Å²) in [4.78, 5) is 18.9. The minimum Gasteiger partial charge on any atom is -0.490 e. The molecular weight excluding hydrogens is 426 g/mol. The fourth-order valence-corrected chi connectivity index (χ4v) is 4.99. The van der Waals surface area contributed by atoms with E-state index in [-0.39, 0.29) is 17.8 Å². The number of hydrogen-bond donors (Lipinski definition) is 0. The number of ether oxygens (including phenoxy) is 1. The van der Waals surface area contributed by atoms with Gasteiger partial charge in [-0.3, -0.25) is 4.79 Å². The Morgan fingerprint density at radius 1 is 1.09 bits per heavy atom. The SMILES string of the molecule is CCCC(=O)c1ccc(-c2ccc3c(c2)CC(C2CCN(c4nc(C(C)C)no4)CC2)O3)cc1. The summed E-state index contributed by atoms with van der Waals surface area (Å²) in [5.41, 5.74) is 4.37. The number of nitrogens with zero attached hydrogens (tertiary/aromatic N) is 3. The van der Waals surface area contributed by atoms with Gasteiger partial charge in [-0.15, -0.1) is 0 Å². The molecule has 0 spiro atoms. The number of rotatable bonds is 7. The van der Waals surface area contributed by atoms with Gasteiger partial charge in [0, 0.05) is 37.4 Å². The Bertz CT molecular complexity index is 1140. The molecule has 6 heteroatoms. The minimum absolute atomic E-state index is 0.213. The predicted octanol–water partition coefficient (Wildman–Crippen LogP) is 6.06. The maximum atomic E-state index is 12.1. The van der Waals surface area contributed by atoms with Crippen LogP contribution in [0.3, 0.4) is 0 Å². The molecular formula is C28H33N3O3. The van der Waals surface area contributed by atoms with Gasteiger partial charge in [0.1, 0.15) is 11.9 Å². The number of carbonyl (C=O) groups excluding carboxylic acids is 1. The third kappa shape index (κ3) is 4.59. The maximum absolute atomic E-state index is 12.1. The van der Waals surface area contributed by atoms with Crippen molar-refractivity contribution in [3.05, 3.63) is 59.4 Å². The smallest absolute Gasteiger partial charge is 0.324 e. The summed E-state index contributed by atoms with van der Waals surface area (Å²) >= 11 is 0. The highest BCUT2D eigenvalue weighted by molar-refractivity contribution is 5.96. The molecule has 0 aliphatic carbocycles. The number of piperidine rings is 1. The molecule has 0 bridgehead atoms. The van der Waals surface area contributed by atoms with Crippen molar-refractivity contribution in [2.45, 2.75) is 64.9 Å². The molecule has 34 heavy (non-hydrogen) atoms. The number of aromatic nitrogens is 2. The van der Waals surface area contributed by atoms with Crippen LogP contribution in [0.2, 0.25) is 0 Å². The van der Waals surface area contributed by atoms with E-state index in [4.69, 9.17) is 9.26 Å². The van der Waals surface area contributed by atoms with Crippen molar-refractivity contribution in [3.63, 3.8) is 0 Å². The molecule has 2 aromatic carbocycles. The van der Waals surface area contributed by atoms with E-state index in [9.17, 15) is 4.79 Å². The van der Waals surface area contributed by atoms with E-state index in [1.54, 1.807) is 0 Å². The van der Waals surface area contributed by atoms with Gasteiger partial charge in [-0.05, 0) is 54.0 Å². The molecule has 1 atom stereocenters. The fourth-order valence-electron chi connectivity index (χ4n) is 4.99. The Labute approximate surface area is 201 Å². The Morgan fingerprint density at radius 3 is 2.50 bits per heavy atom. The molecule has 1 aromatic heterocycles. The fraction of sp³-hybridized carbons (Fsp3) is 0.464. The van der Waals surface area contributed by atoms with Gasteiger partial charge in [0.05, 0.1) is 0 Å². The molecule has 5 rings (SSSR count). The number of benzene rings is 2. The lowest BCUT2D eigenvalue weighted by molar-refractivity contribution is 0.0981. The lowest BCUT2D eigenvalue weighted by Gasteiger charge is -2.33. The molecule has 3 aromatic rings. The van der Waals surface area contributed by atoms with E-state index in [1.165, 1.54) is 11.1 Å². The van der Waals surface area contributed by atoms with E-state index in [0.717, 1.165) is 61.5 Å². The standard InChI is InChI=1S/C28H33N3O3/c1-4-5-24(32)20-8-6-19(7-9-20)22-10-11-25-23(16-22)17-26(33-25)21-12-14-31(15-13-21)28-29-27(18(2)3)30-34-28/h6-11,16,18,21,26H,4-5,12-15,17H2,1-3H3. The van der Waals surface area contributed by atoms with Gasteiger partial charge in [0.15, 0.2) is 11.6 Å². The van der Waals surface area contributed by atoms with E-state index >= 15 is 0 Å². The highest BCUT2D eigenvalue weighted by Crippen LogP contribution is 2.38. The van der Waals surface area contributed by atoms with Gasteiger partial charge < -0.3 is 14.2 Å². The largest absolute Gasteiger partial charge is 0.490 e. The monoisotopic (exact) mass is 459 g/mol. The molecule has 1 saturated heterocycles. The molecule has 2 aliphatic rings. The van der Waals surface area contributed by atoms with Crippen LogP contribution in [0.15, 0.2) is 47.0 Å². The van der Waals surface area contributed by atoms with Crippen LogP contribution in [-0.2, 0) is 6.42 Å². The topological polar surface area (TPSA) is 68.5 Å². The molecule has 3 heterocycles. The van der Waals surface area contributed by atoms with E-state index in [0.29, 0.717) is 18.4 Å². The zero-order valence-electron chi connectivity index (χ0n) is 20.3. The number of hydrogen-bond acceptors (Lipinski definition) is 6. The number of Topliss-reactive ketones (excluding diaryl/α,β-unsaturated/α-hetero) is 1. The van der Waals surface area contributed by atoms with E-state index < -0.39 is 0 Å². The van der Waals surface area contributed by atoms with Gasteiger partial charge in [-0.2, -0.15) is 4.98 Å². The average molecular weight is 460 g/mol. The number of ketones is 1. The minimum atomic E-state index is 0.213. The zero-order chi connectivity index (χ0) is 23.7. The van der Waals surface area contributed by atoms with Gasteiger partial charge in [0.25, 0.3) is 0 Å². The first kappa shape index (κ1) is 22.6. The van der Waals surface area contributed by atoms with Crippen molar-refractivity contribution >= 4 is 11.8 Å².